The molecule has 22 heavy (non-hydrogen) atoms. The van der Waals surface area contributed by atoms with Crippen LogP contribution in [0.25, 0.3) is 0 Å². The number of piperidine rings is 1. The van der Waals surface area contributed by atoms with Crippen LogP contribution in [0.5, 0.6) is 0 Å². The van der Waals surface area contributed by atoms with Crippen LogP contribution in [0.2, 0.25) is 0 Å². The minimum atomic E-state index is -3.14. The first kappa shape index (κ1) is 17.4. The van der Waals surface area contributed by atoms with Gasteiger partial charge in [-0.05, 0) is 43.9 Å². The van der Waals surface area contributed by atoms with Gasteiger partial charge in [0.25, 0.3) is 0 Å². The van der Waals surface area contributed by atoms with Gasteiger partial charge in [0.1, 0.15) is 0 Å². The van der Waals surface area contributed by atoms with E-state index < -0.39 is 10.0 Å². The first-order valence-corrected chi connectivity index (χ1v) is 9.56. The maximum Gasteiger partial charge on any atom is 0.216 e. The third kappa shape index (κ3) is 4.06. The van der Waals surface area contributed by atoms with Gasteiger partial charge in [0.15, 0.2) is 0 Å². The second kappa shape index (κ2) is 7.53. The van der Waals surface area contributed by atoms with Gasteiger partial charge in [-0.15, -0.1) is 0 Å². The summed E-state index contributed by atoms with van der Waals surface area (Å²) in [5.74, 6) is 0.365. The molecule has 1 aliphatic heterocycles. The molecule has 2 atom stereocenters. The fraction of sp³-hybridized carbons (Fsp3) is 0.688. The van der Waals surface area contributed by atoms with Gasteiger partial charge in [0.05, 0.1) is 5.25 Å². The zero-order chi connectivity index (χ0) is 16.2. The molecule has 2 heterocycles. The van der Waals surface area contributed by atoms with Gasteiger partial charge >= 0.3 is 0 Å². The Morgan fingerprint density at radius 3 is 2.64 bits per heavy atom. The van der Waals surface area contributed by atoms with Crippen LogP contribution in [0.15, 0.2) is 24.5 Å². The summed E-state index contributed by atoms with van der Waals surface area (Å²) in [6.07, 6.45) is 5.45. The molecule has 1 aromatic rings. The number of nitrogens with one attached hydrogen (secondary N) is 1. The van der Waals surface area contributed by atoms with Crippen LogP contribution in [0.3, 0.4) is 0 Å². The van der Waals surface area contributed by atoms with Crippen molar-refractivity contribution in [2.45, 2.75) is 51.4 Å². The number of sulfonamides is 1. The Kier molecular flexibility index (Phi) is 5.94. The summed E-state index contributed by atoms with van der Waals surface area (Å²) >= 11 is 0. The highest BCUT2D eigenvalue weighted by molar-refractivity contribution is 7.89. The zero-order valence-corrected chi connectivity index (χ0v) is 14.5. The van der Waals surface area contributed by atoms with E-state index in [0.29, 0.717) is 25.0 Å². The Labute approximate surface area is 134 Å². The molecule has 1 fully saturated rings. The Morgan fingerprint density at radius 2 is 2.05 bits per heavy atom. The first-order chi connectivity index (χ1) is 10.4. The van der Waals surface area contributed by atoms with Crippen LogP contribution in [0.4, 0.5) is 0 Å². The molecule has 2 rings (SSSR count). The molecule has 1 saturated heterocycles. The van der Waals surface area contributed by atoms with Crippen molar-refractivity contribution in [2.24, 2.45) is 5.92 Å². The summed E-state index contributed by atoms with van der Waals surface area (Å²) in [4.78, 5) is 4.02. The highest BCUT2D eigenvalue weighted by Crippen LogP contribution is 2.24. The lowest BCUT2D eigenvalue weighted by Crippen LogP contribution is -2.51. The van der Waals surface area contributed by atoms with Crippen LogP contribution < -0.4 is 5.32 Å². The Balaban J connectivity index is 1.96. The Morgan fingerprint density at radius 1 is 1.36 bits per heavy atom. The second-order valence-electron chi connectivity index (χ2n) is 6.25. The average Bonchev–Trinajstić information content (AvgIpc) is 2.53. The van der Waals surface area contributed by atoms with Gasteiger partial charge in [-0.3, -0.25) is 4.98 Å². The SMILES string of the molecule is CC[C@@H]1CN(S(=O)(=O)C(C)C)CC[C@@H]1NCc1ccncc1. The fourth-order valence-electron chi connectivity index (χ4n) is 2.96. The van der Waals surface area contributed by atoms with E-state index in [9.17, 15) is 8.42 Å². The van der Waals surface area contributed by atoms with Crippen molar-refractivity contribution >= 4 is 10.0 Å². The normalized spacial score (nSPS) is 23.8. The topological polar surface area (TPSA) is 62.3 Å². The van der Waals surface area contributed by atoms with E-state index in [2.05, 4.69) is 17.2 Å². The summed E-state index contributed by atoms with van der Waals surface area (Å²) in [7, 11) is -3.14. The standard InChI is InChI=1S/C16H27N3O2S/c1-4-15-12-19(22(20,21)13(2)3)10-7-16(15)18-11-14-5-8-17-9-6-14/h5-6,8-9,13,15-16,18H,4,7,10-12H2,1-3H3/t15-,16+/m1/s1. The lowest BCUT2D eigenvalue weighted by atomic mass is 9.91. The molecule has 1 aliphatic rings. The molecule has 124 valence electrons. The van der Waals surface area contributed by atoms with Crippen molar-refractivity contribution in [3.8, 4) is 0 Å². The minimum absolute atomic E-state index is 0.341. The van der Waals surface area contributed by atoms with Gasteiger partial charge in [0.2, 0.25) is 10.0 Å². The highest BCUT2D eigenvalue weighted by atomic mass is 32.2. The van der Waals surface area contributed by atoms with Crippen molar-refractivity contribution < 1.29 is 8.42 Å². The van der Waals surface area contributed by atoms with E-state index in [1.165, 1.54) is 5.56 Å². The Hall–Kier alpha value is -0.980. The molecule has 0 bridgehead atoms. The van der Waals surface area contributed by atoms with Crippen LogP contribution >= 0.6 is 0 Å². The lowest BCUT2D eigenvalue weighted by molar-refractivity contribution is 0.200. The second-order valence-corrected chi connectivity index (χ2v) is 8.74. The molecule has 5 nitrogen and oxygen atoms in total. The number of hydrogen-bond donors (Lipinski definition) is 1. The maximum atomic E-state index is 12.3. The number of hydrogen-bond acceptors (Lipinski definition) is 4. The van der Waals surface area contributed by atoms with E-state index >= 15 is 0 Å². The molecule has 6 heteroatoms. The monoisotopic (exact) mass is 325 g/mol. The van der Waals surface area contributed by atoms with Crippen molar-refractivity contribution in [1.29, 1.82) is 0 Å². The van der Waals surface area contributed by atoms with Crippen molar-refractivity contribution in [1.82, 2.24) is 14.6 Å². The third-order valence-electron chi connectivity index (χ3n) is 4.49. The number of aromatic nitrogens is 1. The van der Waals surface area contributed by atoms with Gasteiger partial charge < -0.3 is 5.32 Å². The maximum absolute atomic E-state index is 12.3. The van der Waals surface area contributed by atoms with Gasteiger partial charge in [-0.2, -0.15) is 0 Å². The van der Waals surface area contributed by atoms with Crippen LogP contribution in [0.1, 0.15) is 39.2 Å². The highest BCUT2D eigenvalue weighted by Gasteiger charge is 2.34. The molecule has 0 aromatic carbocycles. The average molecular weight is 325 g/mol. The fourth-order valence-corrected chi connectivity index (χ4v) is 4.32. The lowest BCUT2D eigenvalue weighted by Gasteiger charge is -2.38. The van der Waals surface area contributed by atoms with Crippen LogP contribution in [-0.4, -0.2) is 42.1 Å². The number of pyridine rings is 1. The predicted octanol–water partition coefficient (Wildman–Crippen LogP) is 2.01. The van der Waals surface area contributed by atoms with E-state index in [-0.39, 0.29) is 5.25 Å². The molecule has 1 aromatic heterocycles. The summed E-state index contributed by atoms with van der Waals surface area (Å²) in [6, 6.07) is 4.38. The minimum Gasteiger partial charge on any atom is -0.310 e. The van der Waals surface area contributed by atoms with Gasteiger partial charge in [-0.1, -0.05) is 13.3 Å². The van der Waals surface area contributed by atoms with Crippen LogP contribution in [-0.2, 0) is 16.6 Å². The van der Waals surface area contributed by atoms with Gasteiger partial charge in [0, 0.05) is 38.1 Å². The predicted molar refractivity (Wildman–Crippen MR) is 88.9 cm³/mol. The summed E-state index contributed by atoms with van der Waals surface area (Å²) in [5, 5.41) is 3.25. The van der Waals surface area contributed by atoms with Crippen molar-refractivity contribution in [2.75, 3.05) is 13.1 Å². The first-order valence-electron chi connectivity index (χ1n) is 8.06. The van der Waals surface area contributed by atoms with E-state index in [1.807, 2.05) is 12.1 Å². The molecule has 0 saturated carbocycles. The molecule has 1 N–H and O–H groups in total. The van der Waals surface area contributed by atoms with Crippen molar-refractivity contribution in [3.05, 3.63) is 30.1 Å². The summed E-state index contributed by atoms with van der Waals surface area (Å²) < 4.78 is 26.3. The molecule has 0 spiro atoms. The van der Waals surface area contributed by atoms with E-state index in [1.54, 1.807) is 30.5 Å². The van der Waals surface area contributed by atoms with Crippen LogP contribution in [0, 0.1) is 5.92 Å². The third-order valence-corrected chi connectivity index (χ3v) is 6.74. The van der Waals surface area contributed by atoms with Gasteiger partial charge in [-0.25, -0.2) is 12.7 Å². The van der Waals surface area contributed by atoms with E-state index in [0.717, 1.165) is 19.4 Å². The largest absolute Gasteiger partial charge is 0.310 e. The molecular formula is C16H27N3O2S. The summed E-state index contributed by atoms with van der Waals surface area (Å²) in [5.41, 5.74) is 1.21. The zero-order valence-electron chi connectivity index (χ0n) is 13.7. The van der Waals surface area contributed by atoms with E-state index in [4.69, 9.17) is 0 Å². The number of nitrogens with zero attached hydrogens (tertiary/aromatic N) is 2. The molecule has 0 aliphatic carbocycles. The quantitative estimate of drug-likeness (QED) is 0.869. The summed E-state index contributed by atoms with van der Waals surface area (Å²) in [6.45, 7) is 7.70. The molecule has 0 unspecified atom stereocenters. The molecule has 0 radical (unpaired) electrons. The van der Waals surface area contributed by atoms with Crippen molar-refractivity contribution in [3.63, 3.8) is 0 Å². The smallest absolute Gasteiger partial charge is 0.216 e. The number of rotatable bonds is 6. The molecule has 0 amide bonds. The Bertz CT molecular complexity index is 560. The molecular weight excluding hydrogens is 298 g/mol.